The molecular weight excluding hydrogens is 745 g/mol. The van der Waals surface area contributed by atoms with Gasteiger partial charge in [-0.3, -0.25) is 4.57 Å². The third kappa shape index (κ3) is 5.23. The zero-order valence-electron chi connectivity index (χ0n) is 33.1. The van der Waals surface area contributed by atoms with Crippen LogP contribution < -0.4 is 0 Å². The first-order valence-electron chi connectivity index (χ1n) is 21.0. The Hall–Kier alpha value is -7.89. The minimum atomic E-state index is 0.0220. The van der Waals surface area contributed by atoms with Gasteiger partial charge in [0.15, 0.2) is 11.6 Å². The lowest BCUT2D eigenvalue weighted by Crippen LogP contribution is -2.09. The van der Waals surface area contributed by atoms with Gasteiger partial charge in [0, 0.05) is 33.0 Å². The fourth-order valence-electron chi connectivity index (χ4n) is 10.2. The van der Waals surface area contributed by atoms with Crippen molar-refractivity contribution in [2.75, 3.05) is 0 Å². The number of furan rings is 1. The Labute approximate surface area is 351 Å². The SMILES string of the molecule is c1ccc2c(c1)-c1cc3ccccc3cc1CCC2c1ccc2c(oc3ccccc32)c1-c1nc(-c2cccc3ccccc23)nc(-n2c3ccccc3c3ccccc32)n1. The molecule has 0 bridgehead atoms. The largest absolute Gasteiger partial charge is 0.455 e. The van der Waals surface area contributed by atoms with E-state index in [1.54, 1.807) is 0 Å². The summed E-state index contributed by atoms with van der Waals surface area (Å²) in [5.41, 5.74) is 11.9. The average Bonchev–Trinajstić information content (AvgIpc) is 3.82. The van der Waals surface area contributed by atoms with E-state index in [1.165, 1.54) is 33.0 Å². The number of benzene rings is 9. The fourth-order valence-corrected chi connectivity index (χ4v) is 10.2. The molecule has 5 nitrogen and oxygen atoms in total. The Bertz CT molecular complexity index is 3690. The molecule has 0 saturated carbocycles. The summed E-state index contributed by atoms with van der Waals surface area (Å²) in [5.74, 6) is 1.77. The van der Waals surface area contributed by atoms with Crippen molar-refractivity contribution in [2.45, 2.75) is 18.8 Å². The molecule has 0 fully saturated rings. The van der Waals surface area contributed by atoms with Crippen molar-refractivity contribution in [3.8, 4) is 39.9 Å². The van der Waals surface area contributed by atoms with Crippen LogP contribution in [-0.4, -0.2) is 19.5 Å². The maximum absolute atomic E-state index is 6.98. The van der Waals surface area contributed by atoms with Gasteiger partial charge in [-0.25, -0.2) is 4.98 Å². The van der Waals surface area contributed by atoms with Crippen molar-refractivity contribution in [3.05, 3.63) is 205 Å². The minimum absolute atomic E-state index is 0.0220. The molecule has 5 heteroatoms. The maximum atomic E-state index is 6.98. The molecule has 0 saturated heterocycles. The highest BCUT2D eigenvalue weighted by molar-refractivity contribution is 6.11. The van der Waals surface area contributed by atoms with Crippen LogP contribution in [0.25, 0.3) is 105 Å². The van der Waals surface area contributed by atoms with Gasteiger partial charge in [-0.1, -0.05) is 164 Å². The van der Waals surface area contributed by atoms with E-state index in [2.05, 4.69) is 187 Å². The summed E-state index contributed by atoms with van der Waals surface area (Å²) < 4.78 is 9.18. The topological polar surface area (TPSA) is 56.7 Å². The quantitative estimate of drug-likeness (QED) is 0.178. The zero-order valence-corrected chi connectivity index (χ0v) is 33.1. The van der Waals surface area contributed by atoms with Gasteiger partial charge < -0.3 is 4.42 Å². The van der Waals surface area contributed by atoms with E-state index in [4.69, 9.17) is 19.4 Å². The monoisotopic (exact) mass is 780 g/mol. The molecule has 0 spiro atoms. The molecule has 12 aromatic rings. The molecule has 286 valence electrons. The number of aromatic nitrogens is 4. The van der Waals surface area contributed by atoms with Crippen LogP contribution in [0.1, 0.15) is 29.0 Å². The van der Waals surface area contributed by atoms with E-state index < -0.39 is 0 Å². The molecule has 0 N–H and O–H groups in total. The third-order valence-electron chi connectivity index (χ3n) is 12.9. The summed E-state index contributed by atoms with van der Waals surface area (Å²) in [6.07, 6.45) is 1.82. The van der Waals surface area contributed by atoms with Gasteiger partial charge >= 0.3 is 0 Å². The number of aryl methyl sites for hydroxylation is 1. The molecule has 0 radical (unpaired) electrons. The number of hydrogen-bond acceptors (Lipinski definition) is 4. The molecule has 1 unspecified atom stereocenters. The summed E-state index contributed by atoms with van der Waals surface area (Å²) in [7, 11) is 0. The van der Waals surface area contributed by atoms with Crippen LogP contribution >= 0.6 is 0 Å². The smallest absolute Gasteiger partial charge is 0.238 e. The highest BCUT2D eigenvalue weighted by atomic mass is 16.3. The lowest BCUT2D eigenvalue weighted by atomic mass is 9.82. The first-order chi connectivity index (χ1) is 30.2. The number of nitrogens with zero attached hydrogens (tertiary/aromatic N) is 4. The van der Waals surface area contributed by atoms with Gasteiger partial charge in [0.25, 0.3) is 0 Å². The van der Waals surface area contributed by atoms with Crippen molar-refractivity contribution >= 4 is 65.3 Å². The highest BCUT2D eigenvalue weighted by Crippen LogP contribution is 2.48. The van der Waals surface area contributed by atoms with E-state index in [-0.39, 0.29) is 5.92 Å². The van der Waals surface area contributed by atoms with E-state index in [1.807, 2.05) is 6.07 Å². The lowest BCUT2D eigenvalue weighted by Gasteiger charge is -2.22. The second kappa shape index (κ2) is 13.3. The van der Waals surface area contributed by atoms with Crippen LogP contribution in [0.2, 0.25) is 0 Å². The predicted molar refractivity (Wildman–Crippen MR) is 249 cm³/mol. The van der Waals surface area contributed by atoms with Gasteiger partial charge in [0.05, 0.1) is 16.6 Å². The molecule has 9 aromatic carbocycles. The second-order valence-electron chi connectivity index (χ2n) is 16.2. The number of rotatable bonds is 4. The number of hydrogen-bond donors (Lipinski definition) is 0. The van der Waals surface area contributed by atoms with Gasteiger partial charge in [-0.05, 0) is 86.5 Å². The Morgan fingerprint density at radius 3 is 1.89 bits per heavy atom. The molecule has 1 atom stereocenters. The van der Waals surface area contributed by atoms with Gasteiger partial charge in [0.1, 0.15) is 11.2 Å². The predicted octanol–water partition coefficient (Wildman–Crippen LogP) is 14.3. The first kappa shape index (κ1) is 34.0. The van der Waals surface area contributed by atoms with Crippen LogP contribution in [0.4, 0.5) is 0 Å². The van der Waals surface area contributed by atoms with E-state index in [0.717, 1.165) is 84.0 Å². The van der Waals surface area contributed by atoms with Gasteiger partial charge in [-0.15, -0.1) is 0 Å². The van der Waals surface area contributed by atoms with Gasteiger partial charge in [-0.2, -0.15) is 9.97 Å². The number of fused-ring (bicyclic) bond motifs is 11. The van der Waals surface area contributed by atoms with Crippen molar-refractivity contribution in [3.63, 3.8) is 0 Å². The molecule has 13 rings (SSSR count). The molecule has 1 aliphatic carbocycles. The fraction of sp³-hybridized carbons (Fsp3) is 0.0536. The van der Waals surface area contributed by atoms with E-state index in [0.29, 0.717) is 17.6 Å². The zero-order chi connectivity index (χ0) is 40.0. The molecular formula is C56H36N4O. The molecule has 0 amide bonds. The van der Waals surface area contributed by atoms with Crippen molar-refractivity contribution < 1.29 is 4.42 Å². The van der Waals surface area contributed by atoms with Gasteiger partial charge in [0.2, 0.25) is 5.95 Å². The van der Waals surface area contributed by atoms with Crippen LogP contribution in [-0.2, 0) is 6.42 Å². The van der Waals surface area contributed by atoms with Crippen molar-refractivity contribution in [1.82, 2.24) is 19.5 Å². The average molecular weight is 781 g/mol. The Morgan fingerprint density at radius 2 is 1.07 bits per heavy atom. The van der Waals surface area contributed by atoms with E-state index >= 15 is 0 Å². The van der Waals surface area contributed by atoms with Crippen LogP contribution in [0.3, 0.4) is 0 Å². The number of para-hydroxylation sites is 3. The minimum Gasteiger partial charge on any atom is -0.455 e. The summed E-state index contributed by atoms with van der Waals surface area (Å²) in [6.45, 7) is 0. The van der Waals surface area contributed by atoms with Crippen LogP contribution in [0.5, 0.6) is 0 Å². The molecule has 3 aromatic heterocycles. The standard InChI is InChI=1S/C56H36N4O/c1-2-16-36-33-48-37(32-35(36)15-1)28-29-41(39-19-5-6-20-40(39)48)45-30-31-46-44-23-9-12-27-51(44)61-53(46)52(45)55-57-54(47-24-13-17-34-14-3-4-18-38(34)47)58-56(59-55)60-49-25-10-7-21-42(49)43-22-8-11-26-50(43)60/h1-27,30-33,41H,28-29H2. The van der Waals surface area contributed by atoms with Crippen LogP contribution in [0, 0.1) is 0 Å². The molecule has 1 aliphatic rings. The molecule has 3 heterocycles. The lowest BCUT2D eigenvalue weighted by molar-refractivity contribution is 0.666. The Balaban J connectivity index is 1.13. The maximum Gasteiger partial charge on any atom is 0.238 e. The molecule has 61 heavy (non-hydrogen) atoms. The van der Waals surface area contributed by atoms with Crippen molar-refractivity contribution in [1.29, 1.82) is 0 Å². The van der Waals surface area contributed by atoms with E-state index in [9.17, 15) is 0 Å². The second-order valence-corrected chi connectivity index (χ2v) is 16.2. The molecule has 0 aliphatic heterocycles. The Kier molecular flexibility index (Phi) is 7.43. The first-order valence-corrected chi connectivity index (χ1v) is 21.0. The highest BCUT2D eigenvalue weighted by Gasteiger charge is 2.30. The normalized spacial score (nSPS) is 13.9. The Morgan fingerprint density at radius 1 is 0.443 bits per heavy atom. The van der Waals surface area contributed by atoms with Crippen LogP contribution in [0.15, 0.2) is 192 Å². The van der Waals surface area contributed by atoms with Crippen molar-refractivity contribution in [2.24, 2.45) is 0 Å². The summed E-state index contributed by atoms with van der Waals surface area (Å²) in [5, 5.41) is 9.13. The summed E-state index contributed by atoms with van der Waals surface area (Å²) in [4.78, 5) is 16.5. The third-order valence-corrected chi connectivity index (χ3v) is 12.9. The summed E-state index contributed by atoms with van der Waals surface area (Å²) >= 11 is 0. The summed E-state index contributed by atoms with van der Waals surface area (Å²) in [6, 6.07) is 67.2.